The number of carbonyl (C=O) groups is 1. The first kappa shape index (κ1) is 14.6. The van der Waals surface area contributed by atoms with Crippen molar-refractivity contribution >= 4 is 5.91 Å². The SMILES string of the molecule is CCOc1cccc(CNC(=O)c2ccc(C#N)cc2)c1. The predicted octanol–water partition coefficient (Wildman–Crippen LogP) is 2.89. The highest BCUT2D eigenvalue weighted by Crippen LogP contribution is 2.13. The molecule has 0 fully saturated rings. The van der Waals surface area contributed by atoms with E-state index in [-0.39, 0.29) is 5.91 Å². The molecule has 4 heteroatoms. The van der Waals surface area contributed by atoms with E-state index in [1.165, 1.54) is 0 Å². The van der Waals surface area contributed by atoms with E-state index in [0.717, 1.165) is 11.3 Å². The number of carbonyl (C=O) groups excluding carboxylic acids is 1. The van der Waals surface area contributed by atoms with Gasteiger partial charge in [-0.05, 0) is 48.9 Å². The van der Waals surface area contributed by atoms with Crippen molar-refractivity contribution in [1.82, 2.24) is 5.32 Å². The van der Waals surface area contributed by atoms with Gasteiger partial charge in [-0.25, -0.2) is 0 Å². The van der Waals surface area contributed by atoms with E-state index in [4.69, 9.17) is 10.00 Å². The molecule has 106 valence electrons. The Hall–Kier alpha value is -2.80. The molecule has 0 saturated heterocycles. The molecule has 1 N–H and O–H groups in total. The Labute approximate surface area is 124 Å². The third kappa shape index (κ3) is 4.08. The minimum Gasteiger partial charge on any atom is -0.494 e. The molecule has 0 aliphatic carbocycles. The molecule has 0 spiro atoms. The Morgan fingerprint density at radius 3 is 2.67 bits per heavy atom. The lowest BCUT2D eigenvalue weighted by atomic mass is 10.1. The Kier molecular flexibility index (Phi) is 4.94. The molecule has 2 aromatic rings. The van der Waals surface area contributed by atoms with Gasteiger partial charge < -0.3 is 10.1 Å². The number of nitrogens with one attached hydrogen (secondary N) is 1. The van der Waals surface area contributed by atoms with Crippen molar-refractivity contribution in [2.24, 2.45) is 0 Å². The molecular formula is C17H16N2O2. The van der Waals surface area contributed by atoms with Gasteiger partial charge in [-0.15, -0.1) is 0 Å². The monoisotopic (exact) mass is 280 g/mol. The van der Waals surface area contributed by atoms with E-state index in [1.54, 1.807) is 24.3 Å². The molecule has 0 saturated carbocycles. The van der Waals surface area contributed by atoms with E-state index >= 15 is 0 Å². The summed E-state index contributed by atoms with van der Waals surface area (Å²) in [7, 11) is 0. The first-order chi connectivity index (χ1) is 10.2. The number of hydrogen-bond donors (Lipinski definition) is 1. The summed E-state index contributed by atoms with van der Waals surface area (Å²) >= 11 is 0. The average molecular weight is 280 g/mol. The van der Waals surface area contributed by atoms with Crippen molar-refractivity contribution < 1.29 is 9.53 Å². The molecule has 0 heterocycles. The number of benzene rings is 2. The van der Waals surface area contributed by atoms with Crippen molar-refractivity contribution in [3.63, 3.8) is 0 Å². The number of hydrogen-bond acceptors (Lipinski definition) is 3. The number of amides is 1. The molecule has 0 aliphatic rings. The van der Waals surface area contributed by atoms with Gasteiger partial charge >= 0.3 is 0 Å². The van der Waals surface area contributed by atoms with Crippen LogP contribution in [0.1, 0.15) is 28.4 Å². The molecule has 0 aliphatic heterocycles. The fraction of sp³-hybridized carbons (Fsp3) is 0.176. The van der Waals surface area contributed by atoms with Crippen LogP contribution in [0.4, 0.5) is 0 Å². The number of nitrogens with zero attached hydrogens (tertiary/aromatic N) is 1. The fourth-order valence-electron chi connectivity index (χ4n) is 1.89. The normalized spacial score (nSPS) is 9.71. The summed E-state index contributed by atoms with van der Waals surface area (Å²) in [6, 6.07) is 16.2. The highest BCUT2D eigenvalue weighted by atomic mass is 16.5. The van der Waals surface area contributed by atoms with Crippen molar-refractivity contribution in [2.75, 3.05) is 6.61 Å². The Bertz CT molecular complexity index is 657. The molecule has 21 heavy (non-hydrogen) atoms. The maximum absolute atomic E-state index is 12.0. The van der Waals surface area contributed by atoms with Gasteiger partial charge in [0.15, 0.2) is 0 Å². The number of nitriles is 1. The Morgan fingerprint density at radius 2 is 2.00 bits per heavy atom. The molecule has 0 atom stereocenters. The van der Waals surface area contributed by atoms with Crippen LogP contribution in [-0.4, -0.2) is 12.5 Å². The lowest BCUT2D eigenvalue weighted by molar-refractivity contribution is 0.0951. The van der Waals surface area contributed by atoms with E-state index in [0.29, 0.717) is 24.3 Å². The van der Waals surface area contributed by atoms with E-state index in [2.05, 4.69) is 5.32 Å². The van der Waals surface area contributed by atoms with E-state index in [1.807, 2.05) is 37.3 Å². The third-order valence-electron chi connectivity index (χ3n) is 2.94. The summed E-state index contributed by atoms with van der Waals surface area (Å²) in [6.45, 7) is 2.97. The third-order valence-corrected chi connectivity index (χ3v) is 2.94. The Balaban J connectivity index is 1.97. The lowest BCUT2D eigenvalue weighted by Gasteiger charge is -2.08. The summed E-state index contributed by atoms with van der Waals surface area (Å²) in [4.78, 5) is 12.0. The highest BCUT2D eigenvalue weighted by Gasteiger charge is 2.05. The first-order valence-electron chi connectivity index (χ1n) is 6.73. The average Bonchev–Trinajstić information content (AvgIpc) is 2.53. The van der Waals surface area contributed by atoms with E-state index < -0.39 is 0 Å². The molecule has 0 unspecified atom stereocenters. The molecule has 0 bridgehead atoms. The van der Waals surface area contributed by atoms with Gasteiger partial charge in [0.2, 0.25) is 0 Å². The van der Waals surface area contributed by atoms with Crippen molar-refractivity contribution in [3.8, 4) is 11.8 Å². The largest absolute Gasteiger partial charge is 0.494 e. The maximum Gasteiger partial charge on any atom is 0.251 e. The number of ether oxygens (including phenoxy) is 1. The van der Waals surface area contributed by atoms with Crippen LogP contribution in [0.15, 0.2) is 48.5 Å². The quantitative estimate of drug-likeness (QED) is 0.916. The zero-order chi connectivity index (χ0) is 15.1. The molecule has 2 aromatic carbocycles. The lowest BCUT2D eigenvalue weighted by Crippen LogP contribution is -2.22. The molecule has 2 rings (SSSR count). The minimum atomic E-state index is -0.165. The van der Waals surface area contributed by atoms with Gasteiger partial charge in [0.25, 0.3) is 5.91 Å². The standard InChI is InChI=1S/C17H16N2O2/c1-2-21-16-5-3-4-14(10-16)12-19-17(20)15-8-6-13(11-18)7-9-15/h3-10H,2,12H2,1H3,(H,19,20). The van der Waals surface area contributed by atoms with Gasteiger partial charge in [-0.1, -0.05) is 12.1 Å². The van der Waals surface area contributed by atoms with Crippen molar-refractivity contribution in [1.29, 1.82) is 5.26 Å². The van der Waals surface area contributed by atoms with Gasteiger partial charge in [0.05, 0.1) is 18.2 Å². The summed E-state index contributed by atoms with van der Waals surface area (Å²) in [5.41, 5.74) is 2.05. The predicted molar refractivity (Wildman–Crippen MR) is 79.9 cm³/mol. The molecule has 0 radical (unpaired) electrons. The smallest absolute Gasteiger partial charge is 0.251 e. The zero-order valence-corrected chi connectivity index (χ0v) is 11.8. The summed E-state index contributed by atoms with van der Waals surface area (Å²) in [5.74, 6) is 0.629. The van der Waals surface area contributed by atoms with Gasteiger partial charge in [0, 0.05) is 12.1 Å². The van der Waals surface area contributed by atoms with Crippen molar-refractivity contribution in [3.05, 3.63) is 65.2 Å². The van der Waals surface area contributed by atoms with Crippen LogP contribution in [0.2, 0.25) is 0 Å². The van der Waals surface area contributed by atoms with Crippen LogP contribution in [0.5, 0.6) is 5.75 Å². The van der Waals surface area contributed by atoms with Crippen LogP contribution in [-0.2, 0) is 6.54 Å². The molecule has 4 nitrogen and oxygen atoms in total. The Morgan fingerprint density at radius 1 is 1.24 bits per heavy atom. The van der Waals surface area contributed by atoms with Crippen LogP contribution in [0.25, 0.3) is 0 Å². The maximum atomic E-state index is 12.0. The molecule has 1 amide bonds. The van der Waals surface area contributed by atoms with Crippen LogP contribution < -0.4 is 10.1 Å². The second-order valence-electron chi connectivity index (χ2n) is 4.45. The summed E-state index contributed by atoms with van der Waals surface area (Å²) in [6.07, 6.45) is 0. The minimum absolute atomic E-state index is 0.165. The summed E-state index contributed by atoms with van der Waals surface area (Å²) in [5, 5.41) is 11.6. The van der Waals surface area contributed by atoms with Crippen molar-refractivity contribution in [2.45, 2.75) is 13.5 Å². The van der Waals surface area contributed by atoms with Gasteiger partial charge in [-0.3, -0.25) is 4.79 Å². The van der Waals surface area contributed by atoms with Crippen LogP contribution >= 0.6 is 0 Å². The van der Waals surface area contributed by atoms with Gasteiger partial charge in [-0.2, -0.15) is 5.26 Å². The van der Waals surface area contributed by atoms with Crippen LogP contribution in [0.3, 0.4) is 0 Å². The number of rotatable bonds is 5. The highest BCUT2D eigenvalue weighted by molar-refractivity contribution is 5.94. The molecule has 0 aromatic heterocycles. The second kappa shape index (κ2) is 7.11. The van der Waals surface area contributed by atoms with Gasteiger partial charge in [0.1, 0.15) is 5.75 Å². The molecular weight excluding hydrogens is 264 g/mol. The van der Waals surface area contributed by atoms with E-state index in [9.17, 15) is 4.79 Å². The second-order valence-corrected chi connectivity index (χ2v) is 4.45. The van der Waals surface area contributed by atoms with Crippen LogP contribution in [0, 0.1) is 11.3 Å². The first-order valence-corrected chi connectivity index (χ1v) is 6.73. The topological polar surface area (TPSA) is 62.1 Å². The zero-order valence-electron chi connectivity index (χ0n) is 11.8. The summed E-state index contributed by atoms with van der Waals surface area (Å²) < 4.78 is 5.42. The fourth-order valence-corrected chi connectivity index (χ4v) is 1.89.